The van der Waals surface area contributed by atoms with E-state index in [1.807, 2.05) is 84.9 Å². The summed E-state index contributed by atoms with van der Waals surface area (Å²) < 4.78 is 18.0. The molecule has 3 nitrogen and oxygen atoms in total. The van der Waals surface area contributed by atoms with E-state index < -0.39 is 6.72 Å². The van der Waals surface area contributed by atoms with Crippen molar-refractivity contribution in [1.29, 1.82) is 0 Å². The molecular weight excluding hydrogens is 375 g/mol. The molecule has 3 rings (SSSR count). The van der Waals surface area contributed by atoms with Gasteiger partial charge in [-0.1, -0.05) is 69.3 Å². The molecular formula is C22H23O3PS. The number of rotatable bonds is 6. The molecule has 27 heavy (non-hydrogen) atoms. The van der Waals surface area contributed by atoms with Gasteiger partial charge in [0.2, 0.25) is 0 Å². The summed E-state index contributed by atoms with van der Waals surface area (Å²) in [5.41, 5.74) is 1.29. The van der Waals surface area contributed by atoms with Gasteiger partial charge < -0.3 is 13.6 Å². The van der Waals surface area contributed by atoms with Gasteiger partial charge in [0, 0.05) is 11.8 Å². The van der Waals surface area contributed by atoms with Gasteiger partial charge in [0.25, 0.3) is 0 Å². The monoisotopic (exact) mass is 398 g/mol. The molecule has 0 atom stereocenters. The molecule has 0 saturated carbocycles. The molecule has 0 bridgehead atoms. The molecule has 0 unspecified atom stereocenters. The number of hydrogen-bond acceptors (Lipinski definition) is 4. The molecule has 0 radical (unpaired) electrons. The Balaban J connectivity index is 1.86. The van der Waals surface area contributed by atoms with Crippen molar-refractivity contribution in [2.75, 3.05) is 0 Å². The Morgan fingerprint density at radius 2 is 0.963 bits per heavy atom. The highest BCUT2D eigenvalue weighted by Crippen LogP contribution is 2.50. The maximum atomic E-state index is 6.06. The van der Waals surface area contributed by atoms with Gasteiger partial charge in [0.15, 0.2) is 0 Å². The van der Waals surface area contributed by atoms with Crippen LogP contribution in [0.15, 0.2) is 84.9 Å². The Hall–Kier alpha value is -2.29. The molecule has 3 aromatic rings. The van der Waals surface area contributed by atoms with Gasteiger partial charge in [-0.3, -0.25) is 0 Å². The summed E-state index contributed by atoms with van der Waals surface area (Å²) in [5, 5.41) is 0. The highest BCUT2D eigenvalue weighted by atomic mass is 32.5. The average Bonchev–Trinajstić information content (AvgIpc) is 2.63. The van der Waals surface area contributed by atoms with Crippen molar-refractivity contribution < 1.29 is 13.6 Å². The van der Waals surface area contributed by atoms with Crippen LogP contribution in [-0.2, 0) is 17.2 Å². The zero-order valence-corrected chi connectivity index (χ0v) is 17.4. The second-order valence-electron chi connectivity index (χ2n) is 7.12. The van der Waals surface area contributed by atoms with E-state index in [9.17, 15) is 0 Å². The molecule has 140 valence electrons. The molecule has 0 aliphatic heterocycles. The molecule has 0 aliphatic carbocycles. The first kappa shape index (κ1) is 19.5. The highest BCUT2D eigenvalue weighted by molar-refractivity contribution is 8.08. The molecule has 0 heterocycles. The largest absolute Gasteiger partial charge is 0.490 e. The first-order chi connectivity index (χ1) is 12.8. The SMILES string of the molecule is CC(C)(C)c1ccc(OP(=S)(Oc2ccccc2)Oc2ccccc2)cc1. The Labute approximate surface area is 166 Å². The van der Waals surface area contributed by atoms with Crippen LogP contribution in [0.2, 0.25) is 0 Å². The molecule has 0 saturated heterocycles. The van der Waals surface area contributed by atoms with Gasteiger partial charge in [-0.15, -0.1) is 0 Å². The van der Waals surface area contributed by atoms with Gasteiger partial charge in [-0.25, -0.2) is 0 Å². The third kappa shape index (κ3) is 5.59. The van der Waals surface area contributed by atoms with Crippen LogP contribution in [-0.4, -0.2) is 0 Å². The van der Waals surface area contributed by atoms with E-state index in [-0.39, 0.29) is 5.41 Å². The highest BCUT2D eigenvalue weighted by Gasteiger charge is 2.27. The van der Waals surface area contributed by atoms with Crippen molar-refractivity contribution in [2.45, 2.75) is 26.2 Å². The molecule has 0 amide bonds. The average molecular weight is 398 g/mol. The molecule has 0 aliphatic rings. The van der Waals surface area contributed by atoms with E-state index >= 15 is 0 Å². The van der Waals surface area contributed by atoms with Crippen LogP contribution in [0.4, 0.5) is 0 Å². The van der Waals surface area contributed by atoms with E-state index in [0.717, 1.165) is 0 Å². The van der Waals surface area contributed by atoms with Gasteiger partial charge in [0.05, 0.1) is 0 Å². The predicted molar refractivity (Wildman–Crippen MR) is 114 cm³/mol. The van der Waals surface area contributed by atoms with Crippen molar-refractivity contribution in [3.05, 3.63) is 90.5 Å². The maximum absolute atomic E-state index is 6.06. The summed E-state index contributed by atoms with van der Waals surface area (Å²) in [6, 6.07) is 26.6. The van der Waals surface area contributed by atoms with E-state index in [1.54, 1.807) is 0 Å². The lowest BCUT2D eigenvalue weighted by Crippen LogP contribution is -2.11. The van der Waals surface area contributed by atoms with Crippen molar-refractivity contribution in [2.24, 2.45) is 0 Å². The Kier molecular flexibility index (Phi) is 5.88. The van der Waals surface area contributed by atoms with Crippen molar-refractivity contribution >= 4 is 18.5 Å². The van der Waals surface area contributed by atoms with Crippen molar-refractivity contribution in [3.63, 3.8) is 0 Å². The molecule has 0 fully saturated rings. The minimum atomic E-state index is -3.11. The standard InChI is InChI=1S/C22H23O3PS/c1-22(2,3)18-14-16-21(17-15-18)25-26(27,23-19-10-6-4-7-11-19)24-20-12-8-5-9-13-20/h4-17H,1-3H3. The summed E-state index contributed by atoms with van der Waals surface area (Å²) in [7, 11) is 0. The third-order valence-corrected chi connectivity index (χ3v) is 5.83. The second-order valence-corrected chi connectivity index (χ2v) is 9.91. The summed E-state index contributed by atoms with van der Waals surface area (Å²) >= 11 is 5.70. The minimum absolute atomic E-state index is 0.0692. The van der Waals surface area contributed by atoms with Crippen LogP contribution in [0.3, 0.4) is 0 Å². The van der Waals surface area contributed by atoms with Crippen LogP contribution in [0, 0.1) is 0 Å². The lowest BCUT2D eigenvalue weighted by molar-refractivity contribution is 0.384. The third-order valence-electron chi connectivity index (χ3n) is 3.86. The van der Waals surface area contributed by atoms with Crippen LogP contribution in [0.5, 0.6) is 17.2 Å². The molecule has 0 spiro atoms. The quantitative estimate of drug-likeness (QED) is 0.430. The van der Waals surface area contributed by atoms with Crippen LogP contribution < -0.4 is 13.6 Å². The Morgan fingerprint density at radius 3 is 1.33 bits per heavy atom. The summed E-state index contributed by atoms with van der Waals surface area (Å²) in [5.74, 6) is 1.85. The van der Waals surface area contributed by atoms with Gasteiger partial charge in [-0.2, -0.15) is 0 Å². The lowest BCUT2D eigenvalue weighted by atomic mass is 9.87. The maximum Gasteiger partial charge on any atom is 0.490 e. The number of benzene rings is 3. The van der Waals surface area contributed by atoms with Crippen LogP contribution in [0.1, 0.15) is 26.3 Å². The normalized spacial score (nSPS) is 11.7. The first-order valence-electron chi connectivity index (χ1n) is 8.74. The van der Waals surface area contributed by atoms with E-state index in [2.05, 4.69) is 20.8 Å². The van der Waals surface area contributed by atoms with E-state index in [4.69, 9.17) is 25.4 Å². The van der Waals surface area contributed by atoms with E-state index in [0.29, 0.717) is 17.2 Å². The predicted octanol–water partition coefficient (Wildman–Crippen LogP) is 6.75. The summed E-state index contributed by atoms with van der Waals surface area (Å²) in [4.78, 5) is 0. The fourth-order valence-electron chi connectivity index (χ4n) is 2.42. The molecule has 3 aromatic carbocycles. The zero-order chi connectivity index (χ0) is 19.3. The van der Waals surface area contributed by atoms with E-state index in [1.165, 1.54) is 5.56 Å². The first-order valence-corrected chi connectivity index (χ1v) is 11.3. The molecule has 0 N–H and O–H groups in total. The molecule has 5 heteroatoms. The topological polar surface area (TPSA) is 27.7 Å². The van der Waals surface area contributed by atoms with Crippen LogP contribution >= 0.6 is 6.72 Å². The Bertz CT molecular complexity index is 858. The van der Waals surface area contributed by atoms with Crippen molar-refractivity contribution in [3.8, 4) is 17.2 Å². The second kappa shape index (κ2) is 8.16. The summed E-state index contributed by atoms with van der Waals surface area (Å²) in [6.07, 6.45) is 0. The number of para-hydroxylation sites is 2. The zero-order valence-electron chi connectivity index (χ0n) is 15.7. The fraction of sp³-hybridized carbons (Fsp3) is 0.182. The van der Waals surface area contributed by atoms with Gasteiger partial charge in [0.1, 0.15) is 17.2 Å². The Morgan fingerprint density at radius 1 is 0.593 bits per heavy atom. The lowest BCUT2D eigenvalue weighted by Gasteiger charge is -2.24. The van der Waals surface area contributed by atoms with Gasteiger partial charge in [-0.05, 0) is 47.4 Å². The molecule has 0 aromatic heterocycles. The number of hydrogen-bond donors (Lipinski definition) is 0. The minimum Gasteiger partial charge on any atom is -0.407 e. The summed E-state index contributed by atoms with van der Waals surface area (Å²) in [6.45, 7) is 3.41. The fourth-order valence-corrected chi connectivity index (χ4v) is 4.45. The van der Waals surface area contributed by atoms with Crippen molar-refractivity contribution in [1.82, 2.24) is 0 Å². The van der Waals surface area contributed by atoms with Crippen LogP contribution in [0.25, 0.3) is 0 Å². The van der Waals surface area contributed by atoms with Gasteiger partial charge >= 0.3 is 6.72 Å². The smallest absolute Gasteiger partial charge is 0.407 e.